The number of aryl methyl sites for hydroxylation is 3. The van der Waals surface area contributed by atoms with Gasteiger partial charge in [-0.25, -0.2) is 0 Å². The van der Waals surface area contributed by atoms with E-state index < -0.39 is 0 Å². The molecule has 0 fully saturated rings. The van der Waals surface area contributed by atoms with Crippen LogP contribution in [-0.4, -0.2) is 33.6 Å². The summed E-state index contributed by atoms with van der Waals surface area (Å²) in [6, 6.07) is 16.6. The van der Waals surface area contributed by atoms with E-state index >= 15 is 0 Å². The molecule has 2 N–H and O–H groups in total. The molecule has 33 heavy (non-hydrogen) atoms. The summed E-state index contributed by atoms with van der Waals surface area (Å²) < 4.78 is 5.46. The molecular weight excluding hydrogens is 428 g/mol. The van der Waals surface area contributed by atoms with Crippen LogP contribution in [0.25, 0.3) is 10.9 Å². The minimum atomic E-state index is 0.712. The van der Waals surface area contributed by atoms with Crippen LogP contribution in [0.2, 0.25) is 0 Å². The Morgan fingerprint density at radius 1 is 1.06 bits per heavy atom. The van der Waals surface area contributed by atoms with Crippen molar-refractivity contribution in [2.75, 3.05) is 19.0 Å². The van der Waals surface area contributed by atoms with Gasteiger partial charge in [0.15, 0.2) is 5.11 Å². The fourth-order valence-electron chi connectivity index (χ4n) is 4.08. The first-order valence-corrected chi connectivity index (χ1v) is 11.5. The summed E-state index contributed by atoms with van der Waals surface area (Å²) in [7, 11) is 1.70. The van der Waals surface area contributed by atoms with E-state index in [1.165, 1.54) is 33.3 Å². The summed E-state index contributed by atoms with van der Waals surface area (Å²) in [6.07, 6.45) is 4.51. The Morgan fingerprint density at radius 2 is 1.85 bits per heavy atom. The molecule has 0 saturated heterocycles. The minimum Gasteiger partial charge on any atom is -0.497 e. The van der Waals surface area contributed by atoms with Crippen LogP contribution in [0, 0.1) is 20.8 Å². The third-order valence-electron chi connectivity index (χ3n) is 6.00. The first-order valence-electron chi connectivity index (χ1n) is 11.1. The summed E-state index contributed by atoms with van der Waals surface area (Å²) in [6.45, 7) is 7.81. The highest BCUT2D eigenvalue weighted by Gasteiger charge is 2.15. The monoisotopic (exact) mass is 458 g/mol. The molecule has 2 aromatic carbocycles. The predicted molar refractivity (Wildman–Crippen MR) is 140 cm³/mol. The van der Waals surface area contributed by atoms with Crippen molar-refractivity contribution < 1.29 is 4.74 Å². The summed E-state index contributed by atoms with van der Waals surface area (Å²) in [4.78, 5) is 9.88. The van der Waals surface area contributed by atoms with Gasteiger partial charge in [0.05, 0.1) is 7.11 Å². The zero-order valence-electron chi connectivity index (χ0n) is 19.6. The molecule has 4 rings (SSSR count). The second-order valence-electron chi connectivity index (χ2n) is 8.42. The molecule has 2 heterocycles. The Labute approximate surface area is 200 Å². The fourth-order valence-corrected chi connectivity index (χ4v) is 4.35. The average molecular weight is 459 g/mol. The SMILES string of the molecule is COc1ccc2[nH]c(C)c(CCN(Cc3ccncc3)C(=S)Nc3cc(C)ccc3C)c2c1. The van der Waals surface area contributed by atoms with Crippen LogP contribution in [0.15, 0.2) is 60.9 Å². The smallest absolute Gasteiger partial charge is 0.173 e. The largest absolute Gasteiger partial charge is 0.497 e. The van der Waals surface area contributed by atoms with Gasteiger partial charge in [0.25, 0.3) is 0 Å². The molecule has 0 aliphatic carbocycles. The van der Waals surface area contributed by atoms with E-state index in [-0.39, 0.29) is 0 Å². The molecule has 4 aromatic rings. The van der Waals surface area contributed by atoms with Gasteiger partial charge in [-0.2, -0.15) is 0 Å². The highest BCUT2D eigenvalue weighted by Crippen LogP contribution is 2.27. The molecule has 0 amide bonds. The molecule has 0 aliphatic heterocycles. The van der Waals surface area contributed by atoms with Crippen LogP contribution in [0.4, 0.5) is 5.69 Å². The number of hydrogen-bond donors (Lipinski definition) is 2. The van der Waals surface area contributed by atoms with Crippen molar-refractivity contribution in [1.82, 2.24) is 14.9 Å². The van der Waals surface area contributed by atoms with Gasteiger partial charge in [-0.3, -0.25) is 4.98 Å². The lowest BCUT2D eigenvalue weighted by molar-refractivity contribution is 0.415. The number of nitrogens with zero attached hydrogens (tertiary/aromatic N) is 2. The third-order valence-corrected chi connectivity index (χ3v) is 6.36. The number of rotatable bonds is 7. The van der Waals surface area contributed by atoms with Gasteiger partial charge in [0.1, 0.15) is 5.75 Å². The third kappa shape index (κ3) is 5.34. The van der Waals surface area contributed by atoms with Crippen molar-refractivity contribution >= 4 is 33.9 Å². The van der Waals surface area contributed by atoms with Crippen molar-refractivity contribution in [2.45, 2.75) is 33.7 Å². The Hall–Kier alpha value is -3.38. The number of thiocarbonyl (C=S) groups is 1. The van der Waals surface area contributed by atoms with Crippen molar-refractivity contribution in [2.24, 2.45) is 0 Å². The Balaban J connectivity index is 1.59. The Morgan fingerprint density at radius 3 is 2.61 bits per heavy atom. The van der Waals surface area contributed by atoms with Gasteiger partial charge < -0.3 is 19.9 Å². The maximum absolute atomic E-state index is 5.89. The van der Waals surface area contributed by atoms with Crippen molar-refractivity contribution in [3.05, 3.63) is 88.9 Å². The fraction of sp³-hybridized carbons (Fsp3) is 0.259. The molecule has 0 spiro atoms. The standard InChI is InChI=1S/C27H30N4OS/c1-18-5-6-19(2)26(15-18)30-27(33)31(17-21-9-12-28-13-10-21)14-11-23-20(3)29-25-8-7-22(32-4)16-24(23)25/h5-10,12-13,15-16,29H,11,14,17H2,1-4H3,(H,30,33). The number of pyridine rings is 1. The number of anilines is 1. The van der Waals surface area contributed by atoms with E-state index in [0.29, 0.717) is 6.54 Å². The number of aromatic amines is 1. The van der Waals surface area contributed by atoms with E-state index in [2.05, 4.69) is 71.3 Å². The van der Waals surface area contributed by atoms with Gasteiger partial charge in [0, 0.05) is 47.8 Å². The minimum absolute atomic E-state index is 0.712. The second kappa shape index (κ2) is 10.0. The number of fused-ring (bicyclic) bond motifs is 1. The van der Waals surface area contributed by atoms with E-state index in [4.69, 9.17) is 17.0 Å². The van der Waals surface area contributed by atoms with E-state index in [0.717, 1.165) is 35.0 Å². The first kappa shape index (κ1) is 22.8. The molecule has 0 unspecified atom stereocenters. The molecular formula is C27H30N4OS. The van der Waals surface area contributed by atoms with Crippen molar-refractivity contribution in [3.63, 3.8) is 0 Å². The zero-order chi connectivity index (χ0) is 23.4. The molecule has 2 aromatic heterocycles. The lowest BCUT2D eigenvalue weighted by Gasteiger charge is -2.27. The quantitative estimate of drug-likeness (QED) is 0.336. The highest BCUT2D eigenvalue weighted by molar-refractivity contribution is 7.80. The predicted octanol–water partition coefficient (Wildman–Crippen LogP) is 5.94. The lowest BCUT2D eigenvalue weighted by atomic mass is 10.1. The normalized spacial score (nSPS) is 10.9. The molecule has 6 heteroatoms. The average Bonchev–Trinajstić information content (AvgIpc) is 3.13. The van der Waals surface area contributed by atoms with Crippen LogP contribution in [0.5, 0.6) is 5.75 Å². The summed E-state index contributed by atoms with van der Waals surface area (Å²) in [5, 5.41) is 5.40. The Kier molecular flexibility index (Phi) is 6.94. The lowest BCUT2D eigenvalue weighted by Crippen LogP contribution is -2.36. The first-order chi connectivity index (χ1) is 15.9. The highest BCUT2D eigenvalue weighted by atomic mass is 32.1. The number of hydrogen-bond acceptors (Lipinski definition) is 3. The van der Waals surface area contributed by atoms with Crippen LogP contribution in [0.3, 0.4) is 0 Å². The van der Waals surface area contributed by atoms with Gasteiger partial charge >= 0.3 is 0 Å². The van der Waals surface area contributed by atoms with Crippen LogP contribution in [0.1, 0.15) is 27.9 Å². The van der Waals surface area contributed by atoms with Gasteiger partial charge in [-0.15, -0.1) is 0 Å². The molecule has 0 atom stereocenters. The van der Waals surface area contributed by atoms with Gasteiger partial charge in [0.2, 0.25) is 0 Å². The number of aromatic nitrogens is 2. The number of benzene rings is 2. The van der Waals surface area contributed by atoms with Crippen molar-refractivity contribution in [1.29, 1.82) is 0 Å². The van der Waals surface area contributed by atoms with E-state index in [1.807, 2.05) is 30.6 Å². The molecule has 0 radical (unpaired) electrons. The number of methoxy groups -OCH3 is 1. The molecule has 5 nitrogen and oxygen atoms in total. The summed E-state index contributed by atoms with van der Waals surface area (Å²) in [5.74, 6) is 0.864. The topological polar surface area (TPSA) is 53.2 Å². The number of nitrogens with one attached hydrogen (secondary N) is 2. The molecule has 0 saturated carbocycles. The summed E-state index contributed by atoms with van der Waals surface area (Å²) >= 11 is 5.89. The van der Waals surface area contributed by atoms with Crippen LogP contribution >= 0.6 is 12.2 Å². The van der Waals surface area contributed by atoms with Gasteiger partial charge in [-0.05, 0) is 98.1 Å². The van der Waals surface area contributed by atoms with E-state index in [1.54, 1.807) is 7.11 Å². The molecule has 0 aliphatic rings. The van der Waals surface area contributed by atoms with Gasteiger partial charge in [-0.1, -0.05) is 12.1 Å². The molecule has 0 bridgehead atoms. The van der Waals surface area contributed by atoms with Crippen molar-refractivity contribution in [3.8, 4) is 5.75 Å². The van der Waals surface area contributed by atoms with Crippen LogP contribution < -0.4 is 10.1 Å². The van der Waals surface area contributed by atoms with E-state index in [9.17, 15) is 0 Å². The maximum atomic E-state index is 5.89. The number of ether oxygens (including phenoxy) is 1. The Bertz CT molecular complexity index is 1270. The number of H-pyrrole nitrogens is 1. The second-order valence-corrected chi connectivity index (χ2v) is 8.80. The zero-order valence-corrected chi connectivity index (χ0v) is 20.4. The van der Waals surface area contributed by atoms with Crippen LogP contribution in [-0.2, 0) is 13.0 Å². The summed E-state index contributed by atoms with van der Waals surface area (Å²) in [5.41, 5.74) is 8.19. The molecule has 170 valence electrons. The maximum Gasteiger partial charge on any atom is 0.173 e.